The molecule has 1 heterocycles. The zero-order chi connectivity index (χ0) is 20.8. The van der Waals surface area contributed by atoms with E-state index < -0.39 is 0 Å². The fourth-order valence-corrected chi connectivity index (χ4v) is 2.74. The number of anilines is 2. The van der Waals surface area contributed by atoms with E-state index in [-0.39, 0.29) is 17.6 Å². The Kier molecular flexibility index (Phi) is 6.29. The van der Waals surface area contributed by atoms with Crippen molar-refractivity contribution >= 4 is 17.4 Å². The Labute approximate surface area is 170 Å². The first-order valence-corrected chi connectivity index (χ1v) is 9.24. The summed E-state index contributed by atoms with van der Waals surface area (Å²) in [6, 6.07) is 16.6. The summed E-state index contributed by atoms with van der Waals surface area (Å²) in [7, 11) is 3.16. The predicted octanol–water partition coefficient (Wildman–Crippen LogP) is 4.04. The van der Waals surface area contributed by atoms with Crippen LogP contribution in [0.1, 0.15) is 24.3 Å². The molecule has 0 spiro atoms. The quantitative estimate of drug-likeness (QED) is 0.631. The van der Waals surface area contributed by atoms with E-state index in [1.807, 2.05) is 50.2 Å². The second-order valence-corrected chi connectivity index (χ2v) is 6.65. The smallest absolute Gasteiger partial charge is 0.270 e. The number of carbonyl (C=O) groups excluding carboxylic acids is 1. The van der Waals surface area contributed by atoms with Gasteiger partial charge in [-0.15, -0.1) is 0 Å². The van der Waals surface area contributed by atoms with Crippen LogP contribution in [0.5, 0.6) is 11.5 Å². The highest BCUT2D eigenvalue weighted by molar-refractivity contribution is 5.93. The summed E-state index contributed by atoms with van der Waals surface area (Å²) >= 11 is 0. The molecule has 0 fully saturated rings. The van der Waals surface area contributed by atoms with Crippen LogP contribution in [0, 0.1) is 0 Å². The third-order valence-corrected chi connectivity index (χ3v) is 4.07. The van der Waals surface area contributed by atoms with Gasteiger partial charge in [-0.1, -0.05) is 30.3 Å². The van der Waals surface area contributed by atoms with Gasteiger partial charge in [0.25, 0.3) is 5.91 Å². The van der Waals surface area contributed by atoms with Gasteiger partial charge in [0.2, 0.25) is 0 Å². The van der Waals surface area contributed by atoms with E-state index in [4.69, 9.17) is 9.47 Å². The van der Waals surface area contributed by atoms with E-state index in [1.165, 1.54) is 0 Å². The van der Waals surface area contributed by atoms with E-state index in [1.54, 1.807) is 32.4 Å². The maximum absolute atomic E-state index is 12.6. The molecule has 0 aliphatic carbocycles. The molecule has 0 saturated carbocycles. The van der Waals surface area contributed by atoms with Gasteiger partial charge in [-0.2, -0.15) is 0 Å². The Morgan fingerprint density at radius 1 is 0.931 bits per heavy atom. The standard InChI is InChI=1S/C22H24N4O3/c1-14(2)23-22(27)17-13-20(26-21(25-17)15-8-6-5-7-9-15)24-16-10-11-18(28-3)19(12-16)29-4/h5-14H,1-4H3,(H,23,27)(H,24,25,26). The van der Waals surface area contributed by atoms with Crippen LogP contribution in [0.2, 0.25) is 0 Å². The van der Waals surface area contributed by atoms with Crippen LogP contribution in [0.4, 0.5) is 11.5 Å². The molecule has 0 bridgehead atoms. The van der Waals surface area contributed by atoms with Crippen LogP contribution in [0.3, 0.4) is 0 Å². The van der Waals surface area contributed by atoms with Crippen molar-refractivity contribution in [1.82, 2.24) is 15.3 Å². The fourth-order valence-electron chi connectivity index (χ4n) is 2.74. The molecule has 150 valence electrons. The number of nitrogens with zero attached hydrogens (tertiary/aromatic N) is 2. The van der Waals surface area contributed by atoms with Gasteiger partial charge in [0.1, 0.15) is 11.5 Å². The summed E-state index contributed by atoms with van der Waals surface area (Å²) in [5.74, 6) is 1.93. The van der Waals surface area contributed by atoms with Gasteiger partial charge in [0, 0.05) is 29.4 Å². The van der Waals surface area contributed by atoms with E-state index >= 15 is 0 Å². The molecule has 2 aromatic carbocycles. The minimum atomic E-state index is -0.255. The molecule has 3 rings (SSSR count). The molecule has 0 aliphatic heterocycles. The lowest BCUT2D eigenvalue weighted by atomic mass is 10.2. The first-order chi connectivity index (χ1) is 14.0. The molecule has 2 N–H and O–H groups in total. The molecule has 0 radical (unpaired) electrons. The molecule has 1 aromatic heterocycles. The van der Waals surface area contributed by atoms with Gasteiger partial charge in [-0.05, 0) is 26.0 Å². The number of carbonyl (C=O) groups is 1. The molecule has 7 heteroatoms. The van der Waals surface area contributed by atoms with Crippen molar-refractivity contribution in [3.8, 4) is 22.9 Å². The third-order valence-electron chi connectivity index (χ3n) is 4.07. The van der Waals surface area contributed by atoms with Gasteiger partial charge in [0.05, 0.1) is 14.2 Å². The summed E-state index contributed by atoms with van der Waals surface area (Å²) in [6.45, 7) is 3.81. The van der Waals surface area contributed by atoms with E-state index in [0.29, 0.717) is 23.1 Å². The summed E-state index contributed by atoms with van der Waals surface area (Å²) in [5.41, 5.74) is 1.85. The van der Waals surface area contributed by atoms with Crippen LogP contribution < -0.4 is 20.1 Å². The number of hydrogen-bond acceptors (Lipinski definition) is 6. The Bertz CT molecular complexity index is 991. The Morgan fingerprint density at radius 2 is 1.66 bits per heavy atom. The Morgan fingerprint density at radius 3 is 2.31 bits per heavy atom. The summed E-state index contributed by atoms with van der Waals surface area (Å²) in [4.78, 5) is 21.6. The highest BCUT2D eigenvalue weighted by Gasteiger charge is 2.14. The van der Waals surface area contributed by atoms with Crippen molar-refractivity contribution < 1.29 is 14.3 Å². The first-order valence-electron chi connectivity index (χ1n) is 9.24. The number of rotatable bonds is 7. The van der Waals surface area contributed by atoms with Crippen molar-refractivity contribution in [1.29, 1.82) is 0 Å². The molecule has 29 heavy (non-hydrogen) atoms. The lowest BCUT2D eigenvalue weighted by molar-refractivity contribution is 0.0938. The zero-order valence-corrected chi connectivity index (χ0v) is 16.9. The van der Waals surface area contributed by atoms with Crippen LogP contribution >= 0.6 is 0 Å². The molecule has 0 atom stereocenters. The number of hydrogen-bond donors (Lipinski definition) is 2. The second-order valence-electron chi connectivity index (χ2n) is 6.65. The molecule has 0 aliphatic rings. The van der Waals surface area contributed by atoms with Crippen LogP contribution in [0.15, 0.2) is 54.6 Å². The normalized spacial score (nSPS) is 10.5. The maximum Gasteiger partial charge on any atom is 0.270 e. The van der Waals surface area contributed by atoms with Crippen molar-refractivity contribution in [2.45, 2.75) is 19.9 Å². The first kappa shape index (κ1) is 20.1. The molecular weight excluding hydrogens is 368 g/mol. The van der Waals surface area contributed by atoms with Crippen LogP contribution in [0.25, 0.3) is 11.4 Å². The summed E-state index contributed by atoms with van der Waals surface area (Å²) < 4.78 is 10.6. The molecule has 0 unspecified atom stereocenters. The monoisotopic (exact) mass is 392 g/mol. The molecule has 7 nitrogen and oxygen atoms in total. The third kappa shape index (κ3) is 5.01. The van der Waals surface area contributed by atoms with Crippen molar-refractivity contribution in [3.63, 3.8) is 0 Å². The Balaban J connectivity index is 2.00. The van der Waals surface area contributed by atoms with E-state index in [0.717, 1.165) is 11.3 Å². The summed E-state index contributed by atoms with van der Waals surface area (Å²) in [5, 5.41) is 6.09. The topological polar surface area (TPSA) is 85.4 Å². The highest BCUT2D eigenvalue weighted by atomic mass is 16.5. The van der Waals surface area contributed by atoms with E-state index in [9.17, 15) is 4.79 Å². The van der Waals surface area contributed by atoms with Crippen molar-refractivity contribution in [2.24, 2.45) is 0 Å². The Hall–Kier alpha value is -3.61. The van der Waals surface area contributed by atoms with Crippen molar-refractivity contribution in [2.75, 3.05) is 19.5 Å². The van der Waals surface area contributed by atoms with E-state index in [2.05, 4.69) is 20.6 Å². The SMILES string of the molecule is COc1ccc(Nc2cc(C(=O)NC(C)C)nc(-c3ccccc3)n2)cc1OC. The number of amides is 1. The number of ether oxygens (including phenoxy) is 2. The lowest BCUT2D eigenvalue weighted by Crippen LogP contribution is -2.31. The highest BCUT2D eigenvalue weighted by Crippen LogP contribution is 2.31. The number of benzene rings is 2. The average Bonchev–Trinajstić information content (AvgIpc) is 2.73. The number of methoxy groups -OCH3 is 2. The van der Waals surface area contributed by atoms with Gasteiger partial charge in [-0.3, -0.25) is 4.79 Å². The van der Waals surface area contributed by atoms with Crippen LogP contribution in [-0.4, -0.2) is 36.1 Å². The molecule has 1 amide bonds. The fraction of sp³-hybridized carbons (Fsp3) is 0.227. The van der Waals surface area contributed by atoms with Gasteiger partial charge < -0.3 is 20.1 Å². The van der Waals surface area contributed by atoms with Gasteiger partial charge >= 0.3 is 0 Å². The minimum Gasteiger partial charge on any atom is -0.493 e. The van der Waals surface area contributed by atoms with Crippen LogP contribution in [-0.2, 0) is 0 Å². The van der Waals surface area contributed by atoms with Gasteiger partial charge in [0.15, 0.2) is 17.3 Å². The zero-order valence-electron chi connectivity index (χ0n) is 16.9. The molecule has 0 saturated heterocycles. The lowest BCUT2D eigenvalue weighted by Gasteiger charge is -2.13. The maximum atomic E-state index is 12.6. The minimum absolute atomic E-state index is 0.0000934. The van der Waals surface area contributed by atoms with Gasteiger partial charge in [-0.25, -0.2) is 9.97 Å². The molecular formula is C22H24N4O3. The second kappa shape index (κ2) is 9.05. The average molecular weight is 392 g/mol. The number of aromatic nitrogens is 2. The molecule has 3 aromatic rings. The predicted molar refractivity (Wildman–Crippen MR) is 113 cm³/mol. The largest absolute Gasteiger partial charge is 0.493 e. The number of nitrogens with one attached hydrogen (secondary N) is 2. The van der Waals surface area contributed by atoms with Crippen molar-refractivity contribution in [3.05, 3.63) is 60.3 Å². The summed E-state index contributed by atoms with van der Waals surface area (Å²) in [6.07, 6.45) is 0.